The molecule has 0 radical (unpaired) electrons. The van der Waals surface area contributed by atoms with Crippen molar-refractivity contribution in [2.24, 2.45) is 0 Å². The smallest absolute Gasteiger partial charge is 0.267 e. The largest absolute Gasteiger partial charge is 0.485 e. The van der Waals surface area contributed by atoms with Crippen molar-refractivity contribution in [2.45, 2.75) is 20.0 Å². The lowest BCUT2D eigenvalue weighted by atomic mass is 10.1. The van der Waals surface area contributed by atoms with Crippen LogP contribution >= 0.6 is 11.3 Å². The fraction of sp³-hybridized carbons (Fsp3) is 0.364. The number of para-hydroxylation sites is 2. The number of anilines is 1. The maximum Gasteiger partial charge on any atom is 0.267 e. The van der Waals surface area contributed by atoms with Crippen molar-refractivity contribution in [3.05, 3.63) is 47.5 Å². The first-order valence-electron chi connectivity index (χ1n) is 9.88. The molecule has 1 atom stereocenters. The first-order valence-corrected chi connectivity index (χ1v) is 10.7. The molecule has 5 rings (SSSR count). The second kappa shape index (κ2) is 7.22. The number of piperazine rings is 1. The van der Waals surface area contributed by atoms with Crippen molar-refractivity contribution in [3.8, 4) is 11.5 Å². The van der Waals surface area contributed by atoms with Gasteiger partial charge in [0.2, 0.25) is 6.10 Å². The van der Waals surface area contributed by atoms with E-state index in [0.717, 1.165) is 23.7 Å². The summed E-state index contributed by atoms with van der Waals surface area (Å²) in [5.41, 5.74) is 3.61. The highest BCUT2D eigenvalue weighted by molar-refractivity contribution is 7.22. The van der Waals surface area contributed by atoms with Crippen LogP contribution in [0.2, 0.25) is 0 Å². The summed E-state index contributed by atoms with van der Waals surface area (Å²) in [7, 11) is 0. The van der Waals surface area contributed by atoms with Gasteiger partial charge in [0.25, 0.3) is 5.91 Å². The SMILES string of the molecule is Cc1cc2nc(N3CCN(C(=O)[C@H]4COc5ccccc5O4)CC3)sc2cc1C. The average molecular weight is 410 g/mol. The van der Waals surface area contributed by atoms with Crippen LogP contribution < -0.4 is 14.4 Å². The van der Waals surface area contributed by atoms with Crippen molar-refractivity contribution in [2.75, 3.05) is 37.7 Å². The maximum absolute atomic E-state index is 12.9. The van der Waals surface area contributed by atoms with Crippen LogP contribution in [0.4, 0.5) is 5.13 Å². The van der Waals surface area contributed by atoms with Gasteiger partial charge < -0.3 is 19.3 Å². The summed E-state index contributed by atoms with van der Waals surface area (Å²) < 4.78 is 12.8. The fourth-order valence-corrected chi connectivity index (χ4v) is 4.86. The highest BCUT2D eigenvalue weighted by Gasteiger charge is 2.33. The van der Waals surface area contributed by atoms with Crippen LogP contribution in [-0.2, 0) is 4.79 Å². The molecule has 0 spiro atoms. The zero-order valence-electron chi connectivity index (χ0n) is 16.6. The summed E-state index contributed by atoms with van der Waals surface area (Å²) >= 11 is 1.72. The summed E-state index contributed by atoms with van der Waals surface area (Å²) in [4.78, 5) is 21.9. The van der Waals surface area contributed by atoms with Crippen molar-refractivity contribution in [3.63, 3.8) is 0 Å². The first-order chi connectivity index (χ1) is 14.1. The van der Waals surface area contributed by atoms with Crippen LogP contribution in [0, 0.1) is 13.8 Å². The molecule has 0 saturated carbocycles. The zero-order chi connectivity index (χ0) is 20.0. The number of rotatable bonds is 2. The number of nitrogens with zero attached hydrogens (tertiary/aromatic N) is 3. The van der Waals surface area contributed by atoms with E-state index in [1.807, 2.05) is 29.2 Å². The molecule has 0 bridgehead atoms. The topological polar surface area (TPSA) is 54.9 Å². The molecule has 2 aromatic carbocycles. The number of benzene rings is 2. The van der Waals surface area contributed by atoms with Gasteiger partial charge in [-0.1, -0.05) is 23.5 Å². The monoisotopic (exact) mass is 409 g/mol. The molecule has 1 aromatic heterocycles. The number of aryl methyl sites for hydroxylation is 2. The van der Waals surface area contributed by atoms with Gasteiger partial charge in [0, 0.05) is 26.2 Å². The van der Waals surface area contributed by atoms with E-state index in [0.29, 0.717) is 24.6 Å². The van der Waals surface area contributed by atoms with Gasteiger partial charge in [0.05, 0.1) is 10.2 Å². The van der Waals surface area contributed by atoms with Crippen LogP contribution in [0.1, 0.15) is 11.1 Å². The lowest BCUT2D eigenvalue weighted by Crippen LogP contribution is -2.54. The third-order valence-electron chi connectivity index (χ3n) is 5.64. The Morgan fingerprint density at radius 2 is 1.79 bits per heavy atom. The van der Waals surface area contributed by atoms with Gasteiger partial charge in [-0.05, 0) is 49.2 Å². The van der Waals surface area contributed by atoms with Gasteiger partial charge in [0.15, 0.2) is 16.6 Å². The van der Waals surface area contributed by atoms with Gasteiger partial charge in [-0.15, -0.1) is 0 Å². The predicted octanol–water partition coefficient (Wildman–Crippen LogP) is 3.40. The van der Waals surface area contributed by atoms with E-state index >= 15 is 0 Å². The summed E-state index contributed by atoms with van der Waals surface area (Å²) in [6.45, 7) is 7.37. The molecular weight excluding hydrogens is 386 g/mol. The third-order valence-corrected chi connectivity index (χ3v) is 6.72. The number of carbonyl (C=O) groups excluding carboxylic acids is 1. The van der Waals surface area contributed by atoms with Crippen LogP contribution in [0.5, 0.6) is 11.5 Å². The second-order valence-corrected chi connectivity index (χ2v) is 8.59. The Morgan fingerprint density at radius 1 is 1.07 bits per heavy atom. The highest BCUT2D eigenvalue weighted by atomic mass is 32.1. The Morgan fingerprint density at radius 3 is 2.59 bits per heavy atom. The minimum absolute atomic E-state index is 0.00491. The Kier molecular flexibility index (Phi) is 4.54. The Balaban J connectivity index is 1.24. The van der Waals surface area contributed by atoms with E-state index in [1.165, 1.54) is 15.8 Å². The summed E-state index contributed by atoms with van der Waals surface area (Å²) in [5, 5.41) is 1.03. The minimum Gasteiger partial charge on any atom is -0.485 e. The van der Waals surface area contributed by atoms with Crippen molar-refractivity contribution < 1.29 is 14.3 Å². The second-order valence-electron chi connectivity index (χ2n) is 7.58. The van der Waals surface area contributed by atoms with Gasteiger partial charge in [-0.25, -0.2) is 4.98 Å². The molecular formula is C22H23N3O3S. The van der Waals surface area contributed by atoms with E-state index in [9.17, 15) is 4.79 Å². The number of ether oxygens (including phenoxy) is 2. The lowest BCUT2D eigenvalue weighted by Gasteiger charge is -2.37. The average Bonchev–Trinajstić information content (AvgIpc) is 3.16. The molecule has 3 aromatic rings. The predicted molar refractivity (Wildman–Crippen MR) is 114 cm³/mol. The number of thiazole rings is 1. The molecule has 0 N–H and O–H groups in total. The molecule has 7 heteroatoms. The van der Waals surface area contributed by atoms with E-state index in [2.05, 4.69) is 30.9 Å². The third kappa shape index (κ3) is 3.40. The number of aromatic nitrogens is 1. The molecule has 2 aliphatic heterocycles. The van der Waals surface area contributed by atoms with E-state index in [4.69, 9.17) is 14.5 Å². The molecule has 2 aliphatic rings. The quantitative estimate of drug-likeness (QED) is 0.649. The van der Waals surface area contributed by atoms with Crippen LogP contribution in [0.3, 0.4) is 0 Å². The van der Waals surface area contributed by atoms with Gasteiger partial charge in [0.1, 0.15) is 6.61 Å². The number of carbonyl (C=O) groups is 1. The molecule has 0 aliphatic carbocycles. The number of amides is 1. The standard InChI is InChI=1S/C22H23N3O3S/c1-14-11-16-20(12-15(14)2)29-22(23-16)25-9-7-24(8-10-25)21(26)19-13-27-17-5-3-4-6-18(17)28-19/h3-6,11-12,19H,7-10,13H2,1-2H3/t19-/m1/s1. The van der Waals surface area contributed by atoms with Crippen LogP contribution in [0.15, 0.2) is 36.4 Å². The lowest BCUT2D eigenvalue weighted by molar-refractivity contribution is -0.141. The summed E-state index contributed by atoms with van der Waals surface area (Å²) in [5.74, 6) is 1.33. The highest BCUT2D eigenvalue weighted by Crippen LogP contribution is 2.33. The number of fused-ring (bicyclic) bond motifs is 2. The van der Waals surface area contributed by atoms with Gasteiger partial charge in [-0.2, -0.15) is 0 Å². The Hall–Kier alpha value is -2.80. The first kappa shape index (κ1) is 18.2. The van der Waals surface area contributed by atoms with Crippen molar-refractivity contribution in [1.29, 1.82) is 0 Å². The molecule has 1 fully saturated rings. The van der Waals surface area contributed by atoms with Crippen molar-refractivity contribution in [1.82, 2.24) is 9.88 Å². The van der Waals surface area contributed by atoms with Crippen LogP contribution in [-0.4, -0.2) is 54.7 Å². The molecule has 29 heavy (non-hydrogen) atoms. The summed E-state index contributed by atoms with van der Waals surface area (Å²) in [6, 6.07) is 11.8. The molecule has 6 nitrogen and oxygen atoms in total. The zero-order valence-corrected chi connectivity index (χ0v) is 17.4. The summed E-state index contributed by atoms with van der Waals surface area (Å²) in [6.07, 6.45) is -0.579. The molecule has 0 unspecified atom stereocenters. The van der Waals surface area contributed by atoms with Gasteiger partial charge >= 0.3 is 0 Å². The molecule has 3 heterocycles. The Bertz CT molecular complexity index is 1030. The van der Waals surface area contributed by atoms with E-state index in [-0.39, 0.29) is 12.5 Å². The maximum atomic E-state index is 12.9. The van der Waals surface area contributed by atoms with E-state index < -0.39 is 6.10 Å². The molecule has 1 saturated heterocycles. The fourth-order valence-electron chi connectivity index (χ4n) is 3.77. The normalized spacial score (nSPS) is 18.9. The molecule has 150 valence electrons. The van der Waals surface area contributed by atoms with E-state index in [1.54, 1.807) is 11.3 Å². The Labute approximate surface area is 173 Å². The minimum atomic E-state index is -0.579. The van der Waals surface area contributed by atoms with Crippen LogP contribution in [0.25, 0.3) is 10.2 Å². The van der Waals surface area contributed by atoms with Crippen molar-refractivity contribution >= 4 is 32.6 Å². The number of hydrogen-bond donors (Lipinski definition) is 0. The molecule has 1 amide bonds. The van der Waals surface area contributed by atoms with Gasteiger partial charge in [-0.3, -0.25) is 4.79 Å². The number of hydrogen-bond acceptors (Lipinski definition) is 6.